The Morgan fingerprint density at radius 2 is 2.14 bits per heavy atom. The van der Waals surface area contributed by atoms with E-state index in [-0.39, 0.29) is 36.8 Å². The van der Waals surface area contributed by atoms with Crippen molar-refractivity contribution in [2.45, 2.75) is 24.9 Å². The molecule has 84 valence electrons. The lowest BCUT2D eigenvalue weighted by molar-refractivity contribution is -0.121. The zero-order valence-electron chi connectivity index (χ0n) is 7.94. The lowest BCUT2D eigenvalue weighted by Gasteiger charge is -2.34. The van der Waals surface area contributed by atoms with Crippen LogP contribution in [0.5, 0.6) is 0 Å². The van der Waals surface area contributed by atoms with Gasteiger partial charge < -0.3 is 11.1 Å². The van der Waals surface area contributed by atoms with Gasteiger partial charge in [0.25, 0.3) is 0 Å². The molecule has 0 spiro atoms. The predicted octanol–water partition coefficient (Wildman–Crippen LogP) is -0.248. The third-order valence-electron chi connectivity index (χ3n) is 2.86. The summed E-state index contributed by atoms with van der Waals surface area (Å²) in [4.78, 5) is 13.2. The van der Waals surface area contributed by atoms with Crippen molar-refractivity contribution in [3.8, 4) is 0 Å². The Morgan fingerprint density at radius 3 is 2.79 bits per heavy atom. The molecule has 2 atom stereocenters. The Hall–Kier alpha value is -0.0300. The van der Waals surface area contributed by atoms with Crippen molar-refractivity contribution in [3.63, 3.8) is 0 Å². The number of fused-ring (bicyclic) bond motifs is 1. The maximum Gasteiger partial charge on any atom is 0.235 e. The predicted molar refractivity (Wildman–Crippen MR) is 60.1 cm³/mol. The summed E-state index contributed by atoms with van der Waals surface area (Å²) in [5.41, 5.74) is 5.22. The van der Waals surface area contributed by atoms with Crippen molar-refractivity contribution in [1.82, 2.24) is 10.2 Å². The van der Waals surface area contributed by atoms with E-state index in [1.54, 1.807) is 0 Å². The van der Waals surface area contributed by atoms with Gasteiger partial charge in [-0.15, -0.1) is 24.8 Å². The number of halogens is 2. The van der Waals surface area contributed by atoms with Gasteiger partial charge in [-0.1, -0.05) is 0 Å². The first-order valence-corrected chi connectivity index (χ1v) is 4.54. The van der Waals surface area contributed by atoms with Gasteiger partial charge in [-0.3, -0.25) is 9.69 Å². The maximum absolute atomic E-state index is 10.9. The fourth-order valence-electron chi connectivity index (χ4n) is 2.13. The number of nitrogens with zero attached hydrogens (tertiary/aromatic N) is 1. The van der Waals surface area contributed by atoms with E-state index >= 15 is 0 Å². The molecule has 0 aliphatic carbocycles. The normalized spacial score (nSPS) is 31.1. The molecule has 2 heterocycles. The molecule has 4 nitrogen and oxygen atoms in total. The summed E-state index contributed by atoms with van der Waals surface area (Å²) < 4.78 is 0. The molecule has 0 aromatic carbocycles. The molecule has 14 heavy (non-hydrogen) atoms. The number of primary amides is 1. The highest BCUT2D eigenvalue weighted by Crippen LogP contribution is 2.19. The van der Waals surface area contributed by atoms with Gasteiger partial charge in [-0.25, -0.2) is 0 Å². The molecule has 2 aliphatic heterocycles. The Bertz CT molecular complexity index is 203. The van der Waals surface area contributed by atoms with Crippen LogP contribution in [0, 0.1) is 0 Å². The van der Waals surface area contributed by atoms with Crippen molar-refractivity contribution in [1.29, 1.82) is 0 Å². The van der Waals surface area contributed by atoms with Gasteiger partial charge in [0.15, 0.2) is 0 Å². The molecular weight excluding hydrogens is 225 g/mol. The fraction of sp³-hybridized carbons (Fsp3) is 0.875. The quantitative estimate of drug-likeness (QED) is 0.666. The van der Waals surface area contributed by atoms with Gasteiger partial charge in [-0.05, 0) is 19.4 Å². The van der Waals surface area contributed by atoms with E-state index in [1.165, 1.54) is 12.8 Å². The van der Waals surface area contributed by atoms with E-state index < -0.39 is 0 Å². The van der Waals surface area contributed by atoms with Crippen molar-refractivity contribution >= 4 is 30.7 Å². The average molecular weight is 242 g/mol. The Balaban J connectivity index is 0.000000845. The smallest absolute Gasteiger partial charge is 0.235 e. The van der Waals surface area contributed by atoms with Crippen LogP contribution >= 0.6 is 24.8 Å². The zero-order valence-corrected chi connectivity index (χ0v) is 9.57. The number of rotatable bonds is 1. The first-order chi connectivity index (χ1) is 5.77. The van der Waals surface area contributed by atoms with Crippen LogP contribution in [0.25, 0.3) is 0 Å². The summed E-state index contributed by atoms with van der Waals surface area (Å²) in [6.07, 6.45) is 2.52. The SMILES string of the molecule is Cl.Cl.NC(=O)C1CN2CCCC2CN1. The number of nitrogens with two attached hydrogens (primary N) is 1. The highest BCUT2D eigenvalue weighted by molar-refractivity contribution is 5.85. The van der Waals surface area contributed by atoms with Crippen molar-refractivity contribution in [3.05, 3.63) is 0 Å². The Labute approximate surface area is 96.4 Å². The Kier molecular flexibility index (Phi) is 5.74. The minimum absolute atomic E-state index is 0. The molecule has 2 unspecified atom stereocenters. The van der Waals surface area contributed by atoms with E-state index in [2.05, 4.69) is 10.2 Å². The minimum atomic E-state index is -0.222. The molecule has 2 saturated heterocycles. The second-order valence-electron chi connectivity index (χ2n) is 3.65. The van der Waals surface area contributed by atoms with E-state index in [0.717, 1.165) is 19.6 Å². The van der Waals surface area contributed by atoms with Gasteiger partial charge in [0, 0.05) is 19.1 Å². The summed E-state index contributed by atoms with van der Waals surface area (Å²) >= 11 is 0. The largest absolute Gasteiger partial charge is 0.368 e. The average Bonchev–Trinajstić information content (AvgIpc) is 2.49. The first-order valence-electron chi connectivity index (χ1n) is 4.54. The molecule has 3 N–H and O–H groups in total. The second-order valence-corrected chi connectivity index (χ2v) is 3.65. The summed E-state index contributed by atoms with van der Waals surface area (Å²) in [6.45, 7) is 2.86. The van der Waals surface area contributed by atoms with E-state index in [9.17, 15) is 4.79 Å². The van der Waals surface area contributed by atoms with Crippen LogP contribution in [0.15, 0.2) is 0 Å². The monoisotopic (exact) mass is 241 g/mol. The first kappa shape index (κ1) is 14.0. The number of carbonyl (C=O) groups excluding carboxylic acids is 1. The summed E-state index contributed by atoms with van der Waals surface area (Å²) in [6, 6.07) is 0.528. The third-order valence-corrected chi connectivity index (χ3v) is 2.86. The Morgan fingerprint density at radius 1 is 1.43 bits per heavy atom. The summed E-state index contributed by atoms with van der Waals surface area (Å²) in [5, 5.41) is 3.17. The van der Waals surface area contributed by atoms with Gasteiger partial charge in [0.2, 0.25) is 5.91 Å². The third kappa shape index (κ3) is 2.73. The molecule has 0 aromatic rings. The molecule has 2 aliphatic rings. The topological polar surface area (TPSA) is 58.4 Å². The highest BCUT2D eigenvalue weighted by Gasteiger charge is 2.32. The molecule has 0 radical (unpaired) electrons. The van der Waals surface area contributed by atoms with Crippen LogP contribution in [0.4, 0.5) is 0 Å². The van der Waals surface area contributed by atoms with Gasteiger partial charge in [-0.2, -0.15) is 0 Å². The van der Waals surface area contributed by atoms with Gasteiger partial charge >= 0.3 is 0 Å². The van der Waals surface area contributed by atoms with Crippen LogP contribution in [0.3, 0.4) is 0 Å². The van der Waals surface area contributed by atoms with E-state index in [4.69, 9.17) is 5.73 Å². The number of hydrogen-bond donors (Lipinski definition) is 2. The van der Waals surface area contributed by atoms with Gasteiger partial charge in [0.1, 0.15) is 0 Å². The van der Waals surface area contributed by atoms with Crippen molar-refractivity contribution in [2.24, 2.45) is 5.73 Å². The molecule has 0 saturated carbocycles. The summed E-state index contributed by atoms with van der Waals surface area (Å²) in [5.74, 6) is -0.222. The number of amides is 1. The number of carbonyl (C=O) groups is 1. The number of hydrogen-bond acceptors (Lipinski definition) is 3. The van der Waals surface area contributed by atoms with Crippen LogP contribution in [0.2, 0.25) is 0 Å². The summed E-state index contributed by atoms with van der Waals surface area (Å²) in [7, 11) is 0. The van der Waals surface area contributed by atoms with E-state index in [1.807, 2.05) is 0 Å². The zero-order chi connectivity index (χ0) is 8.55. The molecule has 0 aromatic heterocycles. The van der Waals surface area contributed by atoms with Crippen molar-refractivity contribution in [2.75, 3.05) is 19.6 Å². The molecule has 2 fully saturated rings. The molecule has 0 bridgehead atoms. The number of nitrogens with one attached hydrogen (secondary N) is 1. The van der Waals surface area contributed by atoms with E-state index in [0.29, 0.717) is 6.04 Å². The van der Waals surface area contributed by atoms with Crippen molar-refractivity contribution < 1.29 is 4.79 Å². The van der Waals surface area contributed by atoms with Crippen LogP contribution < -0.4 is 11.1 Å². The molecular formula is C8H17Cl2N3O. The van der Waals surface area contributed by atoms with Crippen LogP contribution in [0.1, 0.15) is 12.8 Å². The highest BCUT2D eigenvalue weighted by atomic mass is 35.5. The molecule has 6 heteroatoms. The van der Waals surface area contributed by atoms with Crippen LogP contribution in [-0.4, -0.2) is 42.5 Å². The fourth-order valence-corrected chi connectivity index (χ4v) is 2.13. The van der Waals surface area contributed by atoms with Gasteiger partial charge in [0.05, 0.1) is 6.04 Å². The van der Waals surface area contributed by atoms with Crippen LogP contribution in [-0.2, 0) is 4.79 Å². The minimum Gasteiger partial charge on any atom is -0.368 e. The lowest BCUT2D eigenvalue weighted by atomic mass is 10.1. The standard InChI is InChI=1S/C8H15N3O.2ClH/c9-8(12)7-5-11-3-1-2-6(11)4-10-7;;/h6-7,10H,1-5H2,(H2,9,12);2*1H. The molecule has 1 amide bonds. The second kappa shape index (κ2) is 5.75. The number of piperazine rings is 1. The molecule has 2 rings (SSSR count). The lowest BCUT2D eigenvalue weighted by Crippen LogP contribution is -2.58. The maximum atomic E-state index is 10.9.